The van der Waals surface area contributed by atoms with Gasteiger partial charge in [-0.1, -0.05) is 13.8 Å². The summed E-state index contributed by atoms with van der Waals surface area (Å²) in [5.41, 5.74) is 0.247. The SMILES string of the molecule is COC(=O)[C@@H](CCSC)NC(=O)[C@@H](NC(=O)c1ccc(F)cc1)C(C)C. The van der Waals surface area contributed by atoms with Crippen LogP contribution in [0, 0.1) is 11.7 Å². The number of methoxy groups -OCH3 is 1. The maximum absolute atomic E-state index is 13.0. The number of benzene rings is 1. The lowest BCUT2D eigenvalue weighted by molar-refractivity contribution is -0.145. The Morgan fingerprint density at radius 2 is 1.77 bits per heavy atom. The molecule has 1 aromatic carbocycles. The molecule has 0 aliphatic heterocycles. The summed E-state index contributed by atoms with van der Waals surface area (Å²) < 4.78 is 17.7. The van der Waals surface area contributed by atoms with Gasteiger partial charge in [-0.05, 0) is 48.6 Å². The van der Waals surface area contributed by atoms with E-state index in [1.165, 1.54) is 31.4 Å². The van der Waals surface area contributed by atoms with Crippen molar-refractivity contribution in [3.05, 3.63) is 35.6 Å². The second-order valence-corrected chi connectivity index (χ2v) is 7.05. The fourth-order valence-electron chi connectivity index (χ4n) is 2.25. The molecular weight excluding hydrogens is 359 g/mol. The van der Waals surface area contributed by atoms with Crippen LogP contribution in [0.25, 0.3) is 0 Å². The number of hydrogen-bond acceptors (Lipinski definition) is 5. The normalized spacial score (nSPS) is 13.0. The number of nitrogens with one attached hydrogen (secondary N) is 2. The Kier molecular flexibility index (Phi) is 9.12. The summed E-state index contributed by atoms with van der Waals surface area (Å²) in [7, 11) is 1.26. The molecule has 0 spiro atoms. The van der Waals surface area contributed by atoms with Crippen LogP contribution in [0.4, 0.5) is 4.39 Å². The number of thioether (sulfide) groups is 1. The van der Waals surface area contributed by atoms with Gasteiger partial charge in [-0.2, -0.15) is 11.8 Å². The quantitative estimate of drug-likeness (QED) is 0.636. The van der Waals surface area contributed by atoms with Crippen molar-refractivity contribution < 1.29 is 23.5 Å². The highest BCUT2D eigenvalue weighted by Crippen LogP contribution is 2.09. The lowest BCUT2D eigenvalue weighted by atomic mass is 10.0. The fourth-order valence-corrected chi connectivity index (χ4v) is 2.72. The van der Waals surface area contributed by atoms with E-state index in [0.29, 0.717) is 12.2 Å². The molecule has 0 bridgehead atoms. The minimum Gasteiger partial charge on any atom is -0.467 e. The van der Waals surface area contributed by atoms with E-state index in [2.05, 4.69) is 10.6 Å². The van der Waals surface area contributed by atoms with E-state index < -0.39 is 35.7 Å². The van der Waals surface area contributed by atoms with Gasteiger partial charge < -0.3 is 15.4 Å². The Hall–Kier alpha value is -2.09. The lowest BCUT2D eigenvalue weighted by Crippen LogP contribution is -2.54. The molecular formula is C18H25FN2O4S. The number of carbonyl (C=O) groups excluding carboxylic acids is 3. The minimum absolute atomic E-state index is 0.210. The monoisotopic (exact) mass is 384 g/mol. The van der Waals surface area contributed by atoms with Crippen molar-refractivity contribution in [2.45, 2.75) is 32.4 Å². The number of esters is 1. The van der Waals surface area contributed by atoms with Crippen LogP contribution in [0.15, 0.2) is 24.3 Å². The Labute approximate surface area is 157 Å². The number of halogens is 1. The molecule has 6 nitrogen and oxygen atoms in total. The van der Waals surface area contributed by atoms with E-state index in [0.717, 1.165) is 0 Å². The van der Waals surface area contributed by atoms with Crippen LogP contribution in [0.2, 0.25) is 0 Å². The maximum atomic E-state index is 13.0. The third kappa shape index (κ3) is 6.67. The van der Waals surface area contributed by atoms with Gasteiger partial charge in [0.15, 0.2) is 0 Å². The molecule has 0 radical (unpaired) electrons. The zero-order valence-electron chi connectivity index (χ0n) is 15.4. The van der Waals surface area contributed by atoms with E-state index in [-0.39, 0.29) is 11.5 Å². The maximum Gasteiger partial charge on any atom is 0.328 e. The molecule has 0 aliphatic rings. The van der Waals surface area contributed by atoms with Crippen LogP contribution in [-0.4, -0.2) is 49.0 Å². The first-order valence-electron chi connectivity index (χ1n) is 8.23. The van der Waals surface area contributed by atoms with E-state index in [4.69, 9.17) is 4.74 Å². The molecule has 1 aromatic rings. The molecule has 0 heterocycles. The number of hydrogen-bond donors (Lipinski definition) is 2. The number of rotatable bonds is 9. The minimum atomic E-state index is -0.839. The molecule has 8 heteroatoms. The zero-order valence-corrected chi connectivity index (χ0v) is 16.2. The fraction of sp³-hybridized carbons (Fsp3) is 0.500. The summed E-state index contributed by atoms with van der Waals surface area (Å²) in [6.45, 7) is 3.56. The molecule has 0 fully saturated rings. The van der Waals surface area contributed by atoms with Crippen LogP contribution in [0.3, 0.4) is 0 Å². The van der Waals surface area contributed by atoms with Crippen molar-refractivity contribution in [1.82, 2.24) is 10.6 Å². The average Bonchev–Trinajstić information content (AvgIpc) is 2.62. The smallest absolute Gasteiger partial charge is 0.328 e. The Morgan fingerprint density at radius 3 is 2.27 bits per heavy atom. The van der Waals surface area contributed by atoms with Crippen molar-refractivity contribution in [2.75, 3.05) is 19.1 Å². The Balaban J connectivity index is 2.83. The van der Waals surface area contributed by atoms with Gasteiger partial charge in [0.05, 0.1) is 7.11 Å². The molecule has 26 heavy (non-hydrogen) atoms. The van der Waals surface area contributed by atoms with Crippen molar-refractivity contribution in [1.29, 1.82) is 0 Å². The summed E-state index contributed by atoms with van der Waals surface area (Å²) in [5, 5.41) is 5.29. The first kappa shape index (κ1) is 22.0. The average molecular weight is 384 g/mol. The molecule has 2 amide bonds. The summed E-state index contributed by atoms with van der Waals surface area (Å²) in [4.78, 5) is 36.8. The molecule has 0 aromatic heterocycles. The Bertz CT molecular complexity index is 622. The topological polar surface area (TPSA) is 84.5 Å². The third-order valence-corrected chi connectivity index (χ3v) is 4.40. The molecule has 0 aliphatic carbocycles. The first-order chi connectivity index (χ1) is 12.3. The first-order valence-corrected chi connectivity index (χ1v) is 9.63. The van der Waals surface area contributed by atoms with Crippen molar-refractivity contribution >= 4 is 29.5 Å². The van der Waals surface area contributed by atoms with Crippen LogP contribution in [-0.2, 0) is 14.3 Å². The van der Waals surface area contributed by atoms with Crippen LogP contribution < -0.4 is 10.6 Å². The predicted molar refractivity (Wildman–Crippen MR) is 99.4 cm³/mol. The van der Waals surface area contributed by atoms with Gasteiger partial charge in [0.1, 0.15) is 17.9 Å². The third-order valence-electron chi connectivity index (χ3n) is 3.75. The summed E-state index contributed by atoms with van der Waals surface area (Å²) in [6, 6.07) is 3.42. The van der Waals surface area contributed by atoms with E-state index >= 15 is 0 Å². The van der Waals surface area contributed by atoms with Crippen LogP contribution >= 0.6 is 11.8 Å². The highest BCUT2D eigenvalue weighted by Gasteiger charge is 2.29. The molecule has 0 saturated heterocycles. The van der Waals surface area contributed by atoms with E-state index in [9.17, 15) is 18.8 Å². The second kappa shape index (κ2) is 10.8. The van der Waals surface area contributed by atoms with Crippen molar-refractivity contribution in [3.63, 3.8) is 0 Å². The molecule has 2 N–H and O–H groups in total. The lowest BCUT2D eigenvalue weighted by Gasteiger charge is -2.24. The van der Waals surface area contributed by atoms with E-state index in [1.54, 1.807) is 25.6 Å². The van der Waals surface area contributed by atoms with Gasteiger partial charge in [-0.15, -0.1) is 0 Å². The van der Waals surface area contributed by atoms with Gasteiger partial charge in [-0.25, -0.2) is 9.18 Å². The summed E-state index contributed by atoms with van der Waals surface area (Å²) in [5.74, 6) is -1.47. The van der Waals surface area contributed by atoms with Gasteiger partial charge in [0, 0.05) is 5.56 Å². The van der Waals surface area contributed by atoms with Crippen molar-refractivity contribution in [3.8, 4) is 0 Å². The van der Waals surface area contributed by atoms with Gasteiger partial charge in [-0.3, -0.25) is 9.59 Å². The molecule has 2 atom stereocenters. The Morgan fingerprint density at radius 1 is 1.15 bits per heavy atom. The van der Waals surface area contributed by atoms with Gasteiger partial charge in [0.2, 0.25) is 5.91 Å². The van der Waals surface area contributed by atoms with Crippen LogP contribution in [0.1, 0.15) is 30.6 Å². The van der Waals surface area contributed by atoms with E-state index in [1.807, 2.05) is 6.26 Å². The van der Waals surface area contributed by atoms with Gasteiger partial charge in [0.25, 0.3) is 5.91 Å². The van der Waals surface area contributed by atoms with Crippen LogP contribution in [0.5, 0.6) is 0 Å². The number of ether oxygens (including phenoxy) is 1. The molecule has 144 valence electrons. The molecule has 0 saturated carbocycles. The zero-order chi connectivity index (χ0) is 19.7. The number of amides is 2. The largest absolute Gasteiger partial charge is 0.467 e. The highest BCUT2D eigenvalue weighted by molar-refractivity contribution is 7.98. The molecule has 0 unspecified atom stereocenters. The standard InChI is InChI=1S/C18H25FN2O4S/c1-11(2)15(21-16(22)12-5-7-13(19)8-6-12)17(23)20-14(9-10-26-4)18(24)25-3/h5-8,11,14-15H,9-10H2,1-4H3,(H,20,23)(H,21,22)/t14-,15+/m1/s1. The predicted octanol–water partition coefficient (Wildman–Crippen LogP) is 1.99. The second-order valence-electron chi connectivity index (χ2n) is 6.07. The van der Waals surface area contributed by atoms with Crippen molar-refractivity contribution in [2.24, 2.45) is 5.92 Å². The highest BCUT2D eigenvalue weighted by atomic mass is 32.2. The van der Waals surface area contributed by atoms with Gasteiger partial charge >= 0.3 is 5.97 Å². The molecule has 1 rings (SSSR count). The summed E-state index contributed by atoms with van der Waals surface area (Å²) in [6.07, 6.45) is 2.33. The number of carbonyl (C=O) groups is 3. The summed E-state index contributed by atoms with van der Waals surface area (Å²) >= 11 is 1.55.